The molecule has 0 saturated heterocycles. The molecule has 1 unspecified atom stereocenters. The summed E-state index contributed by atoms with van der Waals surface area (Å²) in [7, 11) is 1.60. The molecule has 5 heteroatoms. The van der Waals surface area contributed by atoms with Gasteiger partial charge in [-0.1, -0.05) is 0 Å². The molecule has 0 aliphatic heterocycles. The van der Waals surface area contributed by atoms with Gasteiger partial charge in [0.05, 0.1) is 18.8 Å². The maximum absolute atomic E-state index is 12.5. The standard InChI is InChI=1S/C9H12ClFN2O/c1-14-6-8(4-10)13-9-3-2-7(11)5-12-9/h2-3,5,8H,4,6H2,1H3,(H,12,13). The topological polar surface area (TPSA) is 34.1 Å². The van der Waals surface area contributed by atoms with Gasteiger partial charge < -0.3 is 10.1 Å². The number of alkyl halides is 1. The highest BCUT2D eigenvalue weighted by atomic mass is 35.5. The second-order valence-corrected chi connectivity index (χ2v) is 3.12. The number of nitrogens with one attached hydrogen (secondary N) is 1. The Morgan fingerprint density at radius 2 is 2.43 bits per heavy atom. The van der Waals surface area contributed by atoms with Crippen molar-refractivity contribution in [3.63, 3.8) is 0 Å². The number of hydrogen-bond acceptors (Lipinski definition) is 3. The number of anilines is 1. The van der Waals surface area contributed by atoms with Crippen LogP contribution in [0.4, 0.5) is 10.2 Å². The average molecular weight is 219 g/mol. The molecule has 3 nitrogen and oxygen atoms in total. The Balaban J connectivity index is 2.53. The van der Waals surface area contributed by atoms with Gasteiger partial charge in [-0.05, 0) is 12.1 Å². The van der Waals surface area contributed by atoms with Crippen molar-refractivity contribution < 1.29 is 9.13 Å². The zero-order valence-electron chi connectivity index (χ0n) is 7.84. The summed E-state index contributed by atoms with van der Waals surface area (Å²) >= 11 is 5.68. The largest absolute Gasteiger partial charge is 0.383 e. The molecule has 1 rings (SSSR count). The van der Waals surface area contributed by atoms with E-state index in [1.165, 1.54) is 6.07 Å². The Hall–Kier alpha value is -0.870. The number of methoxy groups -OCH3 is 1. The van der Waals surface area contributed by atoms with E-state index in [0.29, 0.717) is 18.3 Å². The van der Waals surface area contributed by atoms with E-state index in [9.17, 15) is 4.39 Å². The minimum atomic E-state index is -0.357. The van der Waals surface area contributed by atoms with Gasteiger partial charge in [-0.25, -0.2) is 9.37 Å². The van der Waals surface area contributed by atoms with Crippen LogP contribution >= 0.6 is 11.6 Å². The van der Waals surface area contributed by atoms with E-state index >= 15 is 0 Å². The van der Waals surface area contributed by atoms with Crippen molar-refractivity contribution in [2.45, 2.75) is 6.04 Å². The highest BCUT2D eigenvalue weighted by Crippen LogP contribution is 2.06. The van der Waals surface area contributed by atoms with E-state index in [4.69, 9.17) is 16.3 Å². The van der Waals surface area contributed by atoms with Gasteiger partial charge in [0.25, 0.3) is 0 Å². The Bertz CT molecular complexity index is 268. The van der Waals surface area contributed by atoms with Gasteiger partial charge in [-0.15, -0.1) is 11.6 Å². The van der Waals surface area contributed by atoms with Gasteiger partial charge in [0.15, 0.2) is 0 Å². The smallest absolute Gasteiger partial charge is 0.141 e. The van der Waals surface area contributed by atoms with Crippen LogP contribution in [0.1, 0.15) is 0 Å². The van der Waals surface area contributed by atoms with E-state index in [0.717, 1.165) is 6.20 Å². The maximum atomic E-state index is 12.5. The molecular formula is C9H12ClFN2O. The number of nitrogens with zero attached hydrogens (tertiary/aromatic N) is 1. The molecule has 1 aromatic rings. The van der Waals surface area contributed by atoms with Gasteiger partial charge in [-0.3, -0.25) is 0 Å². The third kappa shape index (κ3) is 3.47. The Kier molecular flexibility index (Phi) is 4.62. The third-order valence-electron chi connectivity index (χ3n) is 1.63. The molecule has 0 aliphatic carbocycles. The first-order chi connectivity index (χ1) is 6.76. The lowest BCUT2D eigenvalue weighted by molar-refractivity contribution is 0.191. The molecule has 1 aromatic heterocycles. The zero-order valence-corrected chi connectivity index (χ0v) is 8.59. The van der Waals surface area contributed by atoms with Crippen LogP contribution in [0, 0.1) is 5.82 Å². The first kappa shape index (κ1) is 11.2. The molecule has 0 fully saturated rings. The molecule has 78 valence electrons. The lowest BCUT2D eigenvalue weighted by atomic mass is 10.3. The fourth-order valence-electron chi connectivity index (χ4n) is 0.996. The van der Waals surface area contributed by atoms with Gasteiger partial charge >= 0.3 is 0 Å². The number of halogens is 2. The van der Waals surface area contributed by atoms with Crippen LogP contribution in [-0.4, -0.2) is 30.6 Å². The van der Waals surface area contributed by atoms with Crippen LogP contribution in [0.5, 0.6) is 0 Å². The molecular weight excluding hydrogens is 207 g/mol. The van der Waals surface area contributed by atoms with Crippen molar-refractivity contribution >= 4 is 17.4 Å². The highest BCUT2D eigenvalue weighted by Gasteiger charge is 2.06. The number of hydrogen-bond donors (Lipinski definition) is 1. The van der Waals surface area contributed by atoms with Crippen molar-refractivity contribution in [1.82, 2.24) is 4.98 Å². The second kappa shape index (κ2) is 5.78. The molecule has 0 bridgehead atoms. The zero-order chi connectivity index (χ0) is 10.4. The van der Waals surface area contributed by atoms with Crippen LogP contribution in [0.3, 0.4) is 0 Å². The molecule has 0 saturated carbocycles. The number of ether oxygens (including phenoxy) is 1. The van der Waals surface area contributed by atoms with E-state index in [1.807, 2.05) is 0 Å². The molecule has 0 amide bonds. The molecule has 1 heterocycles. The Morgan fingerprint density at radius 3 is 2.93 bits per heavy atom. The van der Waals surface area contributed by atoms with E-state index in [-0.39, 0.29) is 11.9 Å². The first-order valence-corrected chi connectivity index (χ1v) is 4.72. The quantitative estimate of drug-likeness (QED) is 0.767. The minimum Gasteiger partial charge on any atom is -0.383 e. The van der Waals surface area contributed by atoms with Crippen molar-refractivity contribution in [3.05, 3.63) is 24.1 Å². The monoisotopic (exact) mass is 218 g/mol. The van der Waals surface area contributed by atoms with Crippen molar-refractivity contribution in [2.75, 3.05) is 24.9 Å². The SMILES string of the molecule is COCC(CCl)Nc1ccc(F)cn1. The van der Waals surface area contributed by atoms with Crippen molar-refractivity contribution in [2.24, 2.45) is 0 Å². The van der Waals surface area contributed by atoms with Gasteiger partial charge in [0.2, 0.25) is 0 Å². The summed E-state index contributed by atoms with van der Waals surface area (Å²) in [5.74, 6) is 0.645. The van der Waals surface area contributed by atoms with Crippen molar-refractivity contribution in [1.29, 1.82) is 0 Å². The molecule has 14 heavy (non-hydrogen) atoms. The van der Waals surface area contributed by atoms with Gasteiger partial charge in [-0.2, -0.15) is 0 Å². The van der Waals surface area contributed by atoms with E-state index in [1.54, 1.807) is 13.2 Å². The number of rotatable bonds is 5. The first-order valence-electron chi connectivity index (χ1n) is 4.19. The van der Waals surface area contributed by atoms with E-state index < -0.39 is 0 Å². The molecule has 0 aromatic carbocycles. The minimum absolute atomic E-state index is 0.0142. The fourth-order valence-corrected chi connectivity index (χ4v) is 1.16. The molecule has 1 atom stereocenters. The van der Waals surface area contributed by atoms with E-state index in [2.05, 4.69) is 10.3 Å². The highest BCUT2D eigenvalue weighted by molar-refractivity contribution is 6.18. The van der Waals surface area contributed by atoms with Crippen LogP contribution in [0.2, 0.25) is 0 Å². The maximum Gasteiger partial charge on any atom is 0.141 e. The lowest BCUT2D eigenvalue weighted by Gasteiger charge is -2.15. The lowest BCUT2D eigenvalue weighted by Crippen LogP contribution is -2.27. The summed E-state index contributed by atoms with van der Waals surface area (Å²) in [4.78, 5) is 3.85. The average Bonchev–Trinajstić information content (AvgIpc) is 2.20. The predicted molar refractivity (Wildman–Crippen MR) is 54.2 cm³/mol. The van der Waals surface area contributed by atoms with Crippen LogP contribution < -0.4 is 5.32 Å². The number of pyridine rings is 1. The Morgan fingerprint density at radius 1 is 1.64 bits per heavy atom. The van der Waals surface area contributed by atoms with Crippen LogP contribution in [-0.2, 0) is 4.74 Å². The summed E-state index contributed by atoms with van der Waals surface area (Å²) in [6.45, 7) is 0.489. The van der Waals surface area contributed by atoms with Crippen LogP contribution in [0.25, 0.3) is 0 Å². The summed E-state index contributed by atoms with van der Waals surface area (Å²) < 4.78 is 17.5. The predicted octanol–water partition coefficient (Wildman–Crippen LogP) is 1.89. The summed E-state index contributed by atoms with van der Waals surface area (Å²) in [6, 6.07) is 2.89. The summed E-state index contributed by atoms with van der Waals surface area (Å²) in [6.07, 6.45) is 1.15. The van der Waals surface area contributed by atoms with Crippen molar-refractivity contribution in [3.8, 4) is 0 Å². The molecule has 1 N–H and O–H groups in total. The normalized spacial score (nSPS) is 12.5. The second-order valence-electron chi connectivity index (χ2n) is 2.81. The van der Waals surface area contributed by atoms with Crippen LogP contribution in [0.15, 0.2) is 18.3 Å². The summed E-state index contributed by atoms with van der Waals surface area (Å²) in [5, 5.41) is 3.02. The fraction of sp³-hybridized carbons (Fsp3) is 0.444. The molecule has 0 aliphatic rings. The van der Waals surface area contributed by atoms with Gasteiger partial charge in [0.1, 0.15) is 11.6 Å². The molecule has 0 radical (unpaired) electrons. The third-order valence-corrected chi connectivity index (χ3v) is 2.01. The molecule has 0 spiro atoms. The Labute approximate surface area is 87.2 Å². The summed E-state index contributed by atoms with van der Waals surface area (Å²) in [5.41, 5.74) is 0. The number of aromatic nitrogens is 1. The van der Waals surface area contributed by atoms with Gasteiger partial charge in [0, 0.05) is 13.0 Å².